The monoisotopic (exact) mass is 388 g/mol. The lowest BCUT2D eigenvalue weighted by Gasteiger charge is -2.30. The van der Waals surface area contributed by atoms with Gasteiger partial charge in [-0.15, -0.1) is 0 Å². The third kappa shape index (κ3) is 2.95. The molecule has 2 aromatic rings. The van der Waals surface area contributed by atoms with Gasteiger partial charge in [0.2, 0.25) is 0 Å². The van der Waals surface area contributed by atoms with Crippen molar-refractivity contribution < 1.29 is 4.74 Å². The SMILES string of the molecule is COC12C=CC(=N1)C=C1C=CC(=N1)C=c1ccc([nH]1)=Cc1ccc([nH]1)C2SC. The highest BCUT2D eigenvalue weighted by molar-refractivity contribution is 7.98. The van der Waals surface area contributed by atoms with E-state index < -0.39 is 5.72 Å². The van der Waals surface area contributed by atoms with Crippen LogP contribution in [-0.2, 0) is 4.74 Å². The summed E-state index contributed by atoms with van der Waals surface area (Å²) in [6.07, 6.45) is 16.3. The average molecular weight is 388 g/mol. The first-order valence-electron chi connectivity index (χ1n) is 9.10. The van der Waals surface area contributed by atoms with Gasteiger partial charge in [0.15, 0.2) is 5.72 Å². The summed E-state index contributed by atoms with van der Waals surface area (Å²) >= 11 is 1.72. The van der Waals surface area contributed by atoms with Crippen molar-refractivity contribution in [1.82, 2.24) is 9.97 Å². The number of thioether (sulfide) groups is 1. The van der Waals surface area contributed by atoms with Crippen LogP contribution in [0.25, 0.3) is 12.2 Å². The number of H-pyrrole nitrogens is 2. The number of aliphatic imine (C=N–C) groups is 2. The van der Waals surface area contributed by atoms with Crippen LogP contribution in [0.4, 0.5) is 0 Å². The van der Waals surface area contributed by atoms with E-state index in [1.165, 1.54) is 0 Å². The number of rotatable bonds is 2. The Morgan fingerprint density at radius 3 is 2.64 bits per heavy atom. The standard InChI is InChI=1S/C22H20N4OS/c1-27-22-10-9-19(26-22)13-17-6-5-15(24-17)11-14-3-4-16(23-14)12-18-7-8-20(25-18)21(22)28-2/h3-13,21,23,25H,1-2H3. The van der Waals surface area contributed by atoms with Gasteiger partial charge in [0, 0.05) is 29.2 Å². The summed E-state index contributed by atoms with van der Waals surface area (Å²) in [5.74, 6) is 0. The molecule has 0 spiro atoms. The summed E-state index contributed by atoms with van der Waals surface area (Å²) in [4.78, 5) is 16.5. The van der Waals surface area contributed by atoms with E-state index in [-0.39, 0.29) is 5.25 Å². The molecular formula is C22H20N4OS. The minimum absolute atomic E-state index is 0.00502. The molecule has 0 saturated heterocycles. The molecule has 140 valence electrons. The van der Waals surface area contributed by atoms with Gasteiger partial charge in [-0.2, -0.15) is 11.8 Å². The molecule has 2 N–H and O–H groups in total. The number of aromatic nitrogens is 2. The van der Waals surface area contributed by atoms with Crippen LogP contribution >= 0.6 is 11.8 Å². The normalized spacial score (nSPS) is 25.1. The molecule has 5 heterocycles. The van der Waals surface area contributed by atoms with E-state index in [1.807, 2.05) is 36.5 Å². The Morgan fingerprint density at radius 1 is 0.964 bits per heavy atom. The largest absolute Gasteiger partial charge is 0.358 e. The summed E-state index contributed by atoms with van der Waals surface area (Å²) < 4.78 is 5.93. The van der Waals surface area contributed by atoms with Crippen LogP contribution in [-0.4, -0.2) is 40.5 Å². The predicted molar refractivity (Wildman–Crippen MR) is 116 cm³/mol. The van der Waals surface area contributed by atoms with Crippen LogP contribution in [0, 0.1) is 0 Å². The average Bonchev–Trinajstić information content (AvgIpc) is 3.47. The highest BCUT2D eigenvalue weighted by atomic mass is 32.2. The van der Waals surface area contributed by atoms with Crippen LogP contribution in [0.15, 0.2) is 70.3 Å². The summed E-state index contributed by atoms with van der Waals surface area (Å²) in [6.45, 7) is 0. The molecule has 5 nitrogen and oxygen atoms in total. The zero-order valence-corrected chi connectivity index (χ0v) is 16.5. The molecule has 28 heavy (non-hydrogen) atoms. The van der Waals surface area contributed by atoms with E-state index in [9.17, 15) is 0 Å². The van der Waals surface area contributed by atoms with Gasteiger partial charge in [0.1, 0.15) is 0 Å². The molecule has 5 rings (SSSR count). The number of ether oxygens (including phenoxy) is 1. The highest BCUT2D eigenvalue weighted by Crippen LogP contribution is 2.43. The zero-order valence-electron chi connectivity index (χ0n) is 15.6. The highest BCUT2D eigenvalue weighted by Gasteiger charge is 2.40. The molecule has 0 aromatic carbocycles. The lowest BCUT2D eigenvalue weighted by Crippen LogP contribution is -2.31. The Bertz CT molecular complexity index is 1210. The molecule has 0 fully saturated rings. The molecule has 2 unspecified atom stereocenters. The number of hydrogen-bond donors (Lipinski definition) is 2. The number of nitrogens with zero attached hydrogens (tertiary/aromatic N) is 2. The number of hydrogen-bond acceptors (Lipinski definition) is 4. The lowest BCUT2D eigenvalue weighted by atomic mass is 10.1. The number of methoxy groups -OCH3 is 1. The van der Waals surface area contributed by atoms with Crippen molar-refractivity contribution in [3.63, 3.8) is 0 Å². The molecule has 3 aliphatic heterocycles. The Labute approximate surface area is 167 Å². The van der Waals surface area contributed by atoms with Crippen LogP contribution < -0.4 is 10.7 Å². The fourth-order valence-corrected chi connectivity index (χ4v) is 4.70. The van der Waals surface area contributed by atoms with Crippen LogP contribution in [0.5, 0.6) is 0 Å². The van der Waals surface area contributed by atoms with E-state index >= 15 is 0 Å². The number of nitrogens with one attached hydrogen (secondary N) is 2. The van der Waals surface area contributed by atoms with E-state index in [4.69, 9.17) is 9.73 Å². The van der Waals surface area contributed by atoms with Crippen LogP contribution in [0.3, 0.4) is 0 Å². The van der Waals surface area contributed by atoms with Crippen LogP contribution in [0.2, 0.25) is 0 Å². The Hall–Kier alpha value is -2.83. The summed E-state index contributed by atoms with van der Waals surface area (Å²) in [5, 5.41) is 2.06. The second-order valence-corrected chi connectivity index (χ2v) is 7.85. The maximum absolute atomic E-state index is 5.93. The molecule has 8 bridgehead atoms. The van der Waals surface area contributed by atoms with Crippen LogP contribution in [0.1, 0.15) is 16.6 Å². The Kier molecular flexibility index (Phi) is 4.10. The Morgan fingerprint density at radius 2 is 1.82 bits per heavy atom. The van der Waals surface area contributed by atoms with Gasteiger partial charge in [-0.25, -0.2) is 9.98 Å². The topological polar surface area (TPSA) is 65.5 Å². The number of fused-ring (bicyclic) bond motifs is 6. The van der Waals surface area contributed by atoms with Crippen molar-refractivity contribution in [3.8, 4) is 0 Å². The quantitative estimate of drug-likeness (QED) is 0.831. The number of allylic oxidation sites excluding steroid dienone is 4. The van der Waals surface area contributed by atoms with Crippen molar-refractivity contribution in [1.29, 1.82) is 0 Å². The number of aromatic amines is 2. The first-order chi connectivity index (χ1) is 13.7. The van der Waals surface area contributed by atoms with Crippen molar-refractivity contribution in [2.75, 3.05) is 13.4 Å². The van der Waals surface area contributed by atoms with Crippen molar-refractivity contribution >= 4 is 35.3 Å². The fourth-order valence-electron chi connectivity index (χ4n) is 3.75. The van der Waals surface area contributed by atoms with E-state index in [0.29, 0.717) is 0 Å². The van der Waals surface area contributed by atoms with Crippen molar-refractivity contribution in [2.24, 2.45) is 9.98 Å². The van der Waals surface area contributed by atoms with E-state index in [0.717, 1.165) is 39.2 Å². The first kappa shape index (κ1) is 17.3. The fraction of sp³-hybridized carbons (Fsp3) is 0.182. The van der Waals surface area contributed by atoms with Gasteiger partial charge >= 0.3 is 0 Å². The third-order valence-electron chi connectivity index (χ3n) is 5.07. The molecular weight excluding hydrogens is 368 g/mol. The predicted octanol–water partition coefficient (Wildman–Crippen LogP) is 2.62. The minimum atomic E-state index is -0.744. The van der Waals surface area contributed by atoms with Gasteiger partial charge in [-0.1, -0.05) is 0 Å². The molecule has 2 aromatic heterocycles. The Balaban J connectivity index is 1.72. The van der Waals surface area contributed by atoms with Crippen molar-refractivity contribution in [2.45, 2.75) is 11.0 Å². The van der Waals surface area contributed by atoms with Gasteiger partial charge < -0.3 is 14.7 Å². The van der Waals surface area contributed by atoms with E-state index in [2.05, 4.69) is 51.6 Å². The molecule has 0 aliphatic carbocycles. The maximum atomic E-state index is 5.93. The molecule has 6 heteroatoms. The lowest BCUT2D eigenvalue weighted by molar-refractivity contribution is 0.0398. The minimum Gasteiger partial charge on any atom is -0.358 e. The second-order valence-electron chi connectivity index (χ2n) is 6.91. The van der Waals surface area contributed by atoms with Crippen molar-refractivity contribution in [3.05, 3.63) is 82.4 Å². The smallest absolute Gasteiger partial charge is 0.196 e. The molecule has 0 radical (unpaired) electrons. The van der Waals surface area contributed by atoms with Gasteiger partial charge in [0.25, 0.3) is 0 Å². The molecule has 2 atom stereocenters. The molecule has 0 saturated carbocycles. The van der Waals surface area contributed by atoms with E-state index in [1.54, 1.807) is 18.9 Å². The van der Waals surface area contributed by atoms with Gasteiger partial charge in [-0.3, -0.25) is 0 Å². The maximum Gasteiger partial charge on any atom is 0.196 e. The summed E-state index contributed by atoms with van der Waals surface area (Å²) in [7, 11) is 1.71. The molecule has 0 amide bonds. The second kappa shape index (κ2) is 6.65. The summed E-state index contributed by atoms with van der Waals surface area (Å²) in [6, 6.07) is 8.33. The zero-order chi connectivity index (χ0) is 19.1. The summed E-state index contributed by atoms with van der Waals surface area (Å²) in [5.41, 5.74) is 4.03. The van der Waals surface area contributed by atoms with Gasteiger partial charge in [-0.05, 0) is 73.1 Å². The third-order valence-corrected chi connectivity index (χ3v) is 6.14. The first-order valence-corrected chi connectivity index (χ1v) is 10.4. The van der Waals surface area contributed by atoms with Gasteiger partial charge in [0.05, 0.1) is 22.4 Å². The molecule has 3 aliphatic rings.